The summed E-state index contributed by atoms with van der Waals surface area (Å²) in [5.41, 5.74) is 3.80. The standard InChI is InChI=1S/C16H19N3O/c1-2-12-9-17-16(18-10-12)19-11-15-14-6-4-3-5-13(14)7-8-20-15/h3-6,9-10,15H,2,7-8,11H2,1H3,(H,17,18,19)/t15-/m1/s1. The average Bonchev–Trinajstić information content (AvgIpc) is 2.53. The average molecular weight is 269 g/mol. The predicted octanol–water partition coefficient (Wildman–Crippen LogP) is 2.76. The van der Waals surface area contributed by atoms with Crippen molar-refractivity contribution >= 4 is 5.95 Å². The van der Waals surface area contributed by atoms with Crippen molar-refractivity contribution in [3.8, 4) is 0 Å². The van der Waals surface area contributed by atoms with Crippen molar-refractivity contribution in [3.63, 3.8) is 0 Å². The van der Waals surface area contributed by atoms with Gasteiger partial charge in [-0.15, -0.1) is 0 Å². The first-order chi connectivity index (χ1) is 9.86. The molecule has 1 N–H and O–H groups in total. The van der Waals surface area contributed by atoms with Crippen LogP contribution in [-0.2, 0) is 17.6 Å². The van der Waals surface area contributed by atoms with Crippen molar-refractivity contribution in [2.24, 2.45) is 0 Å². The van der Waals surface area contributed by atoms with E-state index in [1.807, 2.05) is 12.4 Å². The molecule has 0 spiro atoms. The van der Waals surface area contributed by atoms with Gasteiger partial charge < -0.3 is 10.1 Å². The Bertz CT molecular complexity index is 568. The van der Waals surface area contributed by atoms with Crippen molar-refractivity contribution in [2.75, 3.05) is 18.5 Å². The topological polar surface area (TPSA) is 47.0 Å². The molecule has 0 unspecified atom stereocenters. The van der Waals surface area contributed by atoms with E-state index in [2.05, 4.69) is 46.5 Å². The molecule has 4 heteroatoms. The highest BCUT2D eigenvalue weighted by molar-refractivity contribution is 5.33. The quantitative estimate of drug-likeness (QED) is 0.927. The molecule has 1 aliphatic rings. The highest BCUT2D eigenvalue weighted by atomic mass is 16.5. The van der Waals surface area contributed by atoms with E-state index in [0.717, 1.165) is 25.0 Å². The SMILES string of the molecule is CCc1cnc(NC[C@H]2OCCc3ccccc32)nc1. The lowest BCUT2D eigenvalue weighted by Crippen LogP contribution is -2.23. The number of aryl methyl sites for hydroxylation is 1. The molecule has 1 atom stereocenters. The van der Waals surface area contributed by atoms with Crippen LogP contribution < -0.4 is 5.32 Å². The second-order valence-corrected chi connectivity index (χ2v) is 4.96. The number of fused-ring (bicyclic) bond motifs is 1. The van der Waals surface area contributed by atoms with Crippen molar-refractivity contribution in [1.82, 2.24) is 9.97 Å². The van der Waals surface area contributed by atoms with Gasteiger partial charge in [-0.3, -0.25) is 0 Å². The van der Waals surface area contributed by atoms with Crippen molar-refractivity contribution in [3.05, 3.63) is 53.3 Å². The lowest BCUT2D eigenvalue weighted by molar-refractivity contribution is 0.0512. The molecular weight excluding hydrogens is 250 g/mol. The molecule has 2 aromatic rings. The fraction of sp³-hybridized carbons (Fsp3) is 0.375. The molecule has 0 amide bonds. The van der Waals surface area contributed by atoms with E-state index in [1.165, 1.54) is 11.1 Å². The fourth-order valence-corrected chi connectivity index (χ4v) is 2.46. The number of nitrogens with one attached hydrogen (secondary N) is 1. The van der Waals surface area contributed by atoms with Gasteiger partial charge in [0.2, 0.25) is 5.95 Å². The van der Waals surface area contributed by atoms with Crippen molar-refractivity contribution < 1.29 is 4.74 Å². The van der Waals surface area contributed by atoms with Gasteiger partial charge in [-0.2, -0.15) is 0 Å². The lowest BCUT2D eigenvalue weighted by Gasteiger charge is -2.26. The van der Waals surface area contributed by atoms with E-state index in [0.29, 0.717) is 12.5 Å². The molecule has 0 saturated heterocycles. The first kappa shape index (κ1) is 13.1. The van der Waals surface area contributed by atoms with Gasteiger partial charge in [0.15, 0.2) is 0 Å². The van der Waals surface area contributed by atoms with Crippen LogP contribution in [0.4, 0.5) is 5.95 Å². The highest BCUT2D eigenvalue weighted by Crippen LogP contribution is 2.26. The summed E-state index contributed by atoms with van der Waals surface area (Å²) in [7, 11) is 0. The molecule has 0 aliphatic carbocycles. The van der Waals surface area contributed by atoms with Crippen molar-refractivity contribution in [2.45, 2.75) is 25.9 Å². The summed E-state index contributed by atoms with van der Waals surface area (Å²) in [6.07, 6.45) is 5.76. The largest absolute Gasteiger partial charge is 0.371 e. The summed E-state index contributed by atoms with van der Waals surface area (Å²) in [5.74, 6) is 0.661. The third kappa shape index (κ3) is 2.80. The monoisotopic (exact) mass is 269 g/mol. The zero-order valence-corrected chi connectivity index (χ0v) is 11.7. The Hall–Kier alpha value is -1.94. The second-order valence-electron chi connectivity index (χ2n) is 4.96. The molecule has 1 aromatic carbocycles. The lowest BCUT2D eigenvalue weighted by atomic mass is 9.98. The maximum absolute atomic E-state index is 5.85. The molecule has 1 aromatic heterocycles. The summed E-state index contributed by atoms with van der Waals surface area (Å²) < 4.78 is 5.85. The number of aromatic nitrogens is 2. The van der Waals surface area contributed by atoms with Gasteiger partial charge in [-0.25, -0.2) is 9.97 Å². The van der Waals surface area contributed by atoms with Crippen LogP contribution in [0.25, 0.3) is 0 Å². The Morgan fingerprint density at radius 3 is 2.85 bits per heavy atom. The van der Waals surface area contributed by atoms with Crippen LogP contribution in [0.1, 0.15) is 29.7 Å². The summed E-state index contributed by atoms with van der Waals surface area (Å²) in [4.78, 5) is 8.62. The van der Waals surface area contributed by atoms with E-state index >= 15 is 0 Å². The van der Waals surface area contributed by atoms with Gasteiger partial charge in [0.1, 0.15) is 6.10 Å². The molecule has 0 radical (unpaired) electrons. The zero-order valence-electron chi connectivity index (χ0n) is 11.7. The van der Waals surface area contributed by atoms with Gasteiger partial charge in [0.25, 0.3) is 0 Å². The Balaban J connectivity index is 1.66. The molecule has 2 heterocycles. The van der Waals surface area contributed by atoms with E-state index in [-0.39, 0.29) is 6.10 Å². The third-order valence-electron chi connectivity index (χ3n) is 3.65. The zero-order chi connectivity index (χ0) is 13.8. The number of ether oxygens (including phenoxy) is 1. The molecule has 20 heavy (non-hydrogen) atoms. The Morgan fingerprint density at radius 2 is 2.05 bits per heavy atom. The van der Waals surface area contributed by atoms with Crippen LogP contribution in [0.2, 0.25) is 0 Å². The molecule has 0 saturated carbocycles. The molecule has 3 rings (SSSR count). The molecule has 0 fully saturated rings. The molecule has 0 bridgehead atoms. The van der Waals surface area contributed by atoms with E-state index in [4.69, 9.17) is 4.74 Å². The third-order valence-corrected chi connectivity index (χ3v) is 3.65. The Labute approximate surface area is 119 Å². The van der Waals surface area contributed by atoms with E-state index in [1.54, 1.807) is 0 Å². The molecule has 104 valence electrons. The van der Waals surface area contributed by atoms with Crippen LogP contribution in [0.15, 0.2) is 36.7 Å². The first-order valence-electron chi connectivity index (χ1n) is 7.11. The molecular formula is C16H19N3O. The normalized spacial score (nSPS) is 17.6. The van der Waals surface area contributed by atoms with Crippen LogP contribution in [0.3, 0.4) is 0 Å². The van der Waals surface area contributed by atoms with Crippen LogP contribution >= 0.6 is 0 Å². The molecule has 4 nitrogen and oxygen atoms in total. The summed E-state index contributed by atoms with van der Waals surface area (Å²) >= 11 is 0. The predicted molar refractivity (Wildman–Crippen MR) is 78.7 cm³/mol. The Kier molecular flexibility index (Phi) is 3.92. The van der Waals surface area contributed by atoms with Gasteiger partial charge in [0.05, 0.1) is 6.61 Å². The fourth-order valence-electron chi connectivity index (χ4n) is 2.46. The summed E-state index contributed by atoms with van der Waals surface area (Å²) in [5, 5.41) is 3.26. The first-order valence-corrected chi connectivity index (χ1v) is 7.11. The number of nitrogens with zero attached hydrogens (tertiary/aromatic N) is 2. The van der Waals surface area contributed by atoms with E-state index in [9.17, 15) is 0 Å². The number of benzene rings is 1. The highest BCUT2D eigenvalue weighted by Gasteiger charge is 2.20. The number of anilines is 1. The smallest absolute Gasteiger partial charge is 0.222 e. The van der Waals surface area contributed by atoms with Crippen LogP contribution in [-0.4, -0.2) is 23.1 Å². The maximum Gasteiger partial charge on any atom is 0.222 e. The van der Waals surface area contributed by atoms with Crippen LogP contribution in [0.5, 0.6) is 0 Å². The van der Waals surface area contributed by atoms with Gasteiger partial charge >= 0.3 is 0 Å². The minimum Gasteiger partial charge on any atom is -0.371 e. The summed E-state index contributed by atoms with van der Waals surface area (Å²) in [6, 6.07) is 8.47. The summed E-state index contributed by atoms with van der Waals surface area (Å²) in [6.45, 7) is 3.57. The minimum absolute atomic E-state index is 0.0781. The van der Waals surface area contributed by atoms with Crippen LogP contribution in [0, 0.1) is 0 Å². The van der Waals surface area contributed by atoms with Crippen molar-refractivity contribution in [1.29, 1.82) is 0 Å². The van der Waals surface area contributed by atoms with Gasteiger partial charge in [0, 0.05) is 18.9 Å². The maximum atomic E-state index is 5.85. The number of hydrogen-bond acceptors (Lipinski definition) is 4. The van der Waals surface area contributed by atoms with E-state index < -0.39 is 0 Å². The Morgan fingerprint density at radius 1 is 1.25 bits per heavy atom. The number of rotatable bonds is 4. The van der Waals surface area contributed by atoms with Gasteiger partial charge in [-0.1, -0.05) is 31.2 Å². The second kappa shape index (κ2) is 6.01. The molecule has 1 aliphatic heterocycles. The van der Waals surface area contributed by atoms with Gasteiger partial charge in [-0.05, 0) is 29.5 Å². The minimum atomic E-state index is 0.0781. The number of hydrogen-bond donors (Lipinski definition) is 1.